The Morgan fingerprint density at radius 2 is 2.00 bits per heavy atom. The zero-order valence-corrected chi connectivity index (χ0v) is 12.5. The summed E-state index contributed by atoms with van der Waals surface area (Å²) in [6.07, 6.45) is 3.37. The van der Waals surface area contributed by atoms with Gasteiger partial charge in [0.15, 0.2) is 0 Å². The summed E-state index contributed by atoms with van der Waals surface area (Å²) in [5.41, 5.74) is 4.20. The van der Waals surface area contributed by atoms with Crippen molar-refractivity contribution in [1.82, 2.24) is 18.7 Å². The summed E-state index contributed by atoms with van der Waals surface area (Å²) in [5, 5.41) is 3.99. The van der Waals surface area contributed by atoms with E-state index in [-0.39, 0.29) is 6.04 Å². The fourth-order valence-corrected chi connectivity index (χ4v) is 2.84. The van der Waals surface area contributed by atoms with Crippen molar-refractivity contribution in [1.29, 1.82) is 0 Å². The van der Waals surface area contributed by atoms with Crippen LogP contribution in [0.15, 0.2) is 24.5 Å². The van der Waals surface area contributed by atoms with Crippen LogP contribution in [0, 0.1) is 6.92 Å². The molecule has 7 heteroatoms. The highest BCUT2D eigenvalue weighted by atomic mass is 35.5. The van der Waals surface area contributed by atoms with E-state index >= 15 is 0 Å². The van der Waals surface area contributed by atoms with Gasteiger partial charge < -0.3 is 5.32 Å². The van der Waals surface area contributed by atoms with Crippen LogP contribution in [-0.4, -0.2) is 18.7 Å². The first-order chi connectivity index (χ1) is 9.66. The molecule has 0 aliphatic rings. The Morgan fingerprint density at radius 3 is 2.80 bits per heavy atom. The van der Waals surface area contributed by atoms with Gasteiger partial charge in [0.1, 0.15) is 11.0 Å². The van der Waals surface area contributed by atoms with Crippen LogP contribution < -0.4 is 5.32 Å². The highest BCUT2D eigenvalue weighted by molar-refractivity contribution is 7.00. The van der Waals surface area contributed by atoms with Crippen molar-refractivity contribution in [2.75, 3.05) is 5.32 Å². The van der Waals surface area contributed by atoms with E-state index in [1.165, 1.54) is 11.7 Å². The summed E-state index contributed by atoms with van der Waals surface area (Å²) in [6.45, 7) is 3.96. The molecule has 1 unspecified atom stereocenters. The van der Waals surface area contributed by atoms with Gasteiger partial charge in [-0.3, -0.25) is 9.97 Å². The molecule has 0 aliphatic carbocycles. The van der Waals surface area contributed by atoms with Crippen molar-refractivity contribution in [2.45, 2.75) is 19.9 Å². The lowest BCUT2D eigenvalue weighted by molar-refractivity contribution is 0.811. The molecule has 0 saturated carbocycles. The molecule has 20 heavy (non-hydrogen) atoms. The van der Waals surface area contributed by atoms with Crippen molar-refractivity contribution in [3.63, 3.8) is 0 Å². The number of benzene rings is 1. The number of nitrogens with one attached hydrogen (secondary N) is 1. The summed E-state index contributed by atoms with van der Waals surface area (Å²) in [4.78, 5) is 8.63. The third kappa shape index (κ3) is 2.32. The summed E-state index contributed by atoms with van der Waals surface area (Å²) >= 11 is 7.44. The van der Waals surface area contributed by atoms with Gasteiger partial charge in [-0.15, -0.1) is 0 Å². The minimum absolute atomic E-state index is 0.0199. The van der Waals surface area contributed by atoms with Crippen LogP contribution in [-0.2, 0) is 0 Å². The fourth-order valence-electron chi connectivity index (χ4n) is 2.09. The average Bonchev–Trinajstić information content (AvgIpc) is 2.91. The van der Waals surface area contributed by atoms with E-state index in [2.05, 4.69) is 24.0 Å². The van der Waals surface area contributed by atoms with Crippen molar-refractivity contribution < 1.29 is 0 Å². The molecule has 3 aromatic rings. The van der Waals surface area contributed by atoms with Gasteiger partial charge in [0.05, 0.1) is 39.9 Å². The lowest BCUT2D eigenvalue weighted by Crippen LogP contribution is -2.11. The monoisotopic (exact) mass is 305 g/mol. The maximum absolute atomic E-state index is 6.27. The Bertz CT molecular complexity index is 757. The number of hydrogen-bond acceptors (Lipinski definition) is 6. The first kappa shape index (κ1) is 13.2. The third-order valence-electron chi connectivity index (χ3n) is 3.07. The highest BCUT2D eigenvalue weighted by Gasteiger charge is 2.15. The predicted octanol–water partition coefficient (Wildman–Crippen LogP) is 3.62. The minimum atomic E-state index is -0.0199. The molecular formula is C13H12ClN5S. The number of halogens is 1. The normalized spacial score (nSPS) is 12.6. The molecule has 3 rings (SSSR count). The molecule has 2 aromatic heterocycles. The Balaban J connectivity index is 1.99. The van der Waals surface area contributed by atoms with E-state index in [9.17, 15) is 0 Å². The van der Waals surface area contributed by atoms with Crippen LogP contribution in [0.25, 0.3) is 11.0 Å². The zero-order chi connectivity index (χ0) is 14.1. The SMILES string of the molecule is Cc1nccnc1C(C)Nc1c(Cl)ccc2nsnc12. The number of hydrogen-bond donors (Lipinski definition) is 1. The molecule has 5 nitrogen and oxygen atoms in total. The molecule has 1 N–H and O–H groups in total. The maximum Gasteiger partial charge on any atom is 0.129 e. The Kier molecular flexibility index (Phi) is 3.50. The average molecular weight is 306 g/mol. The zero-order valence-electron chi connectivity index (χ0n) is 11.0. The number of nitrogens with zero attached hydrogens (tertiary/aromatic N) is 4. The number of rotatable bonds is 3. The predicted molar refractivity (Wildman–Crippen MR) is 81.2 cm³/mol. The van der Waals surface area contributed by atoms with E-state index in [4.69, 9.17) is 11.6 Å². The van der Waals surface area contributed by atoms with Crippen LogP contribution >= 0.6 is 23.3 Å². The highest BCUT2D eigenvalue weighted by Crippen LogP contribution is 2.32. The van der Waals surface area contributed by atoms with Gasteiger partial charge >= 0.3 is 0 Å². The quantitative estimate of drug-likeness (QED) is 0.800. The van der Waals surface area contributed by atoms with Crippen molar-refractivity contribution >= 4 is 40.0 Å². The van der Waals surface area contributed by atoms with Gasteiger partial charge in [0.25, 0.3) is 0 Å². The molecule has 0 saturated heterocycles. The smallest absolute Gasteiger partial charge is 0.129 e. The molecule has 0 aliphatic heterocycles. The molecule has 0 spiro atoms. The van der Waals surface area contributed by atoms with E-state index < -0.39 is 0 Å². The number of fused-ring (bicyclic) bond motifs is 1. The number of aromatic nitrogens is 4. The molecular weight excluding hydrogens is 294 g/mol. The van der Waals surface area contributed by atoms with Gasteiger partial charge in [0.2, 0.25) is 0 Å². The molecule has 102 valence electrons. The Hall–Kier alpha value is -1.79. The van der Waals surface area contributed by atoms with Gasteiger partial charge in [-0.05, 0) is 26.0 Å². The molecule has 0 bridgehead atoms. The topological polar surface area (TPSA) is 63.6 Å². The number of aryl methyl sites for hydroxylation is 1. The van der Waals surface area contributed by atoms with Crippen LogP contribution in [0.4, 0.5) is 5.69 Å². The van der Waals surface area contributed by atoms with E-state index in [0.29, 0.717) is 5.02 Å². The van der Waals surface area contributed by atoms with Gasteiger partial charge in [-0.1, -0.05) is 11.6 Å². The standard InChI is InChI=1S/C13H12ClN5S/c1-7-11(16-6-5-15-7)8(2)17-12-9(14)3-4-10-13(12)19-20-18-10/h3-6,8,17H,1-2H3. The third-order valence-corrected chi connectivity index (χ3v) is 3.92. The minimum Gasteiger partial charge on any atom is -0.374 e. The van der Waals surface area contributed by atoms with Crippen molar-refractivity contribution in [2.24, 2.45) is 0 Å². The van der Waals surface area contributed by atoms with Crippen molar-refractivity contribution in [3.8, 4) is 0 Å². The molecule has 1 atom stereocenters. The van der Waals surface area contributed by atoms with E-state index in [1.54, 1.807) is 12.4 Å². The van der Waals surface area contributed by atoms with Crippen LogP contribution in [0.1, 0.15) is 24.4 Å². The molecule has 0 radical (unpaired) electrons. The van der Waals surface area contributed by atoms with Crippen LogP contribution in [0.3, 0.4) is 0 Å². The number of anilines is 1. The molecule has 0 fully saturated rings. The summed E-state index contributed by atoms with van der Waals surface area (Å²) in [7, 11) is 0. The second-order valence-corrected chi connectivity index (χ2v) is 5.38. The summed E-state index contributed by atoms with van der Waals surface area (Å²) in [6, 6.07) is 3.67. The maximum atomic E-state index is 6.27. The van der Waals surface area contributed by atoms with E-state index in [1.807, 2.05) is 26.0 Å². The Labute approximate surface area is 125 Å². The fraction of sp³-hybridized carbons (Fsp3) is 0.231. The molecule has 0 amide bonds. The first-order valence-corrected chi connectivity index (χ1v) is 7.22. The van der Waals surface area contributed by atoms with E-state index in [0.717, 1.165) is 28.1 Å². The van der Waals surface area contributed by atoms with Gasteiger partial charge in [-0.25, -0.2) is 0 Å². The van der Waals surface area contributed by atoms with Crippen molar-refractivity contribution in [3.05, 3.63) is 40.9 Å². The second-order valence-electron chi connectivity index (χ2n) is 4.45. The lowest BCUT2D eigenvalue weighted by atomic mass is 10.1. The van der Waals surface area contributed by atoms with Gasteiger partial charge in [-0.2, -0.15) is 8.75 Å². The molecule has 1 aromatic carbocycles. The summed E-state index contributed by atoms with van der Waals surface area (Å²) in [5.74, 6) is 0. The second kappa shape index (κ2) is 5.30. The Morgan fingerprint density at radius 1 is 1.20 bits per heavy atom. The van der Waals surface area contributed by atoms with Gasteiger partial charge in [0, 0.05) is 12.4 Å². The lowest BCUT2D eigenvalue weighted by Gasteiger charge is -2.17. The molecule has 2 heterocycles. The van der Waals surface area contributed by atoms with Crippen LogP contribution in [0.2, 0.25) is 5.02 Å². The summed E-state index contributed by atoms with van der Waals surface area (Å²) < 4.78 is 8.52. The first-order valence-electron chi connectivity index (χ1n) is 6.11. The van der Waals surface area contributed by atoms with Crippen LogP contribution in [0.5, 0.6) is 0 Å². The largest absolute Gasteiger partial charge is 0.374 e.